The van der Waals surface area contributed by atoms with Gasteiger partial charge in [0.05, 0.1) is 19.3 Å². The van der Waals surface area contributed by atoms with E-state index < -0.39 is 0 Å². The molecule has 2 aliphatic rings. The number of hydrogen-bond acceptors (Lipinski definition) is 6. The molecule has 4 heterocycles. The van der Waals surface area contributed by atoms with Crippen LogP contribution in [0.25, 0.3) is 0 Å². The third-order valence-electron chi connectivity index (χ3n) is 5.65. The number of rotatable bonds is 8. The average molecular weight is 369 g/mol. The molecule has 27 heavy (non-hydrogen) atoms. The summed E-state index contributed by atoms with van der Waals surface area (Å²) in [7, 11) is 1.67. The van der Waals surface area contributed by atoms with E-state index in [1.807, 2.05) is 18.2 Å². The lowest BCUT2D eigenvalue weighted by Gasteiger charge is -2.50. The van der Waals surface area contributed by atoms with Crippen molar-refractivity contribution in [3.05, 3.63) is 54.0 Å². The fraction of sp³-hybridized carbons (Fsp3) is 0.524. The standard InChI is InChI=1S/C21H27N3O3/c1-25-20-18(3-2-8-23-20)13-24-15-21(16-24)19(7-12-27-21)6-11-26-14-17-4-9-22-10-5-17/h2-5,8-10,19H,6-7,11-16H2,1H3. The quantitative estimate of drug-likeness (QED) is 0.667. The molecule has 2 fully saturated rings. The molecular formula is C21H27N3O3. The van der Waals surface area contributed by atoms with Crippen molar-refractivity contribution in [3.63, 3.8) is 0 Å². The Kier molecular flexibility index (Phi) is 5.66. The van der Waals surface area contributed by atoms with Gasteiger partial charge in [0.2, 0.25) is 5.88 Å². The minimum Gasteiger partial charge on any atom is -0.481 e. The van der Waals surface area contributed by atoms with Crippen LogP contribution in [0.5, 0.6) is 5.88 Å². The molecule has 0 bridgehead atoms. The summed E-state index contributed by atoms with van der Waals surface area (Å²) in [6, 6.07) is 8.03. The maximum absolute atomic E-state index is 6.18. The minimum atomic E-state index is 0.00940. The molecule has 144 valence electrons. The minimum absolute atomic E-state index is 0.00940. The Balaban J connectivity index is 1.24. The summed E-state index contributed by atoms with van der Waals surface area (Å²) in [6.45, 7) is 5.08. The molecule has 2 aromatic rings. The zero-order valence-corrected chi connectivity index (χ0v) is 15.8. The zero-order chi connectivity index (χ0) is 18.5. The molecule has 0 amide bonds. The van der Waals surface area contributed by atoms with Crippen LogP contribution in [0.3, 0.4) is 0 Å². The van der Waals surface area contributed by atoms with Gasteiger partial charge in [-0.3, -0.25) is 9.88 Å². The van der Waals surface area contributed by atoms with Crippen molar-refractivity contribution in [2.45, 2.75) is 31.6 Å². The first-order valence-corrected chi connectivity index (χ1v) is 9.60. The summed E-state index contributed by atoms with van der Waals surface area (Å²) < 4.78 is 17.4. The van der Waals surface area contributed by atoms with E-state index in [0.717, 1.165) is 51.3 Å². The van der Waals surface area contributed by atoms with Gasteiger partial charge < -0.3 is 14.2 Å². The third kappa shape index (κ3) is 4.13. The lowest BCUT2D eigenvalue weighted by atomic mass is 9.79. The van der Waals surface area contributed by atoms with E-state index in [9.17, 15) is 0 Å². The summed E-state index contributed by atoms with van der Waals surface area (Å²) in [6.07, 6.45) is 7.55. The monoisotopic (exact) mass is 369 g/mol. The Morgan fingerprint density at radius 2 is 2.07 bits per heavy atom. The fourth-order valence-corrected chi connectivity index (χ4v) is 4.23. The molecule has 4 rings (SSSR count). The van der Waals surface area contributed by atoms with Crippen LogP contribution < -0.4 is 4.74 Å². The van der Waals surface area contributed by atoms with Gasteiger partial charge in [-0.15, -0.1) is 0 Å². The van der Waals surface area contributed by atoms with Crippen LogP contribution in [-0.2, 0) is 22.6 Å². The predicted molar refractivity (Wildman–Crippen MR) is 101 cm³/mol. The molecule has 6 nitrogen and oxygen atoms in total. The van der Waals surface area contributed by atoms with Crippen molar-refractivity contribution in [2.75, 3.05) is 33.4 Å². The van der Waals surface area contributed by atoms with Gasteiger partial charge in [-0.2, -0.15) is 0 Å². The molecule has 6 heteroatoms. The summed E-state index contributed by atoms with van der Waals surface area (Å²) in [5.74, 6) is 1.29. The molecule has 1 atom stereocenters. The summed E-state index contributed by atoms with van der Waals surface area (Å²) >= 11 is 0. The molecule has 1 spiro atoms. The van der Waals surface area contributed by atoms with Gasteiger partial charge in [-0.05, 0) is 42.5 Å². The van der Waals surface area contributed by atoms with E-state index in [1.54, 1.807) is 25.7 Å². The number of methoxy groups -OCH3 is 1. The molecule has 2 aromatic heterocycles. The first-order valence-electron chi connectivity index (χ1n) is 9.60. The van der Waals surface area contributed by atoms with E-state index in [2.05, 4.69) is 20.9 Å². The molecule has 0 saturated carbocycles. The zero-order valence-electron chi connectivity index (χ0n) is 15.8. The lowest BCUT2D eigenvalue weighted by molar-refractivity contribution is -0.139. The van der Waals surface area contributed by atoms with Crippen molar-refractivity contribution in [3.8, 4) is 5.88 Å². The Bertz CT molecular complexity index is 734. The van der Waals surface area contributed by atoms with Crippen molar-refractivity contribution in [1.29, 1.82) is 0 Å². The van der Waals surface area contributed by atoms with Crippen LogP contribution in [0.15, 0.2) is 42.9 Å². The highest BCUT2D eigenvalue weighted by Gasteiger charge is 2.52. The number of hydrogen-bond donors (Lipinski definition) is 0. The van der Waals surface area contributed by atoms with E-state index in [4.69, 9.17) is 14.2 Å². The molecule has 1 unspecified atom stereocenters. The van der Waals surface area contributed by atoms with E-state index in [0.29, 0.717) is 18.4 Å². The molecule has 2 saturated heterocycles. The first-order chi connectivity index (χ1) is 13.3. The molecule has 0 radical (unpaired) electrons. The highest BCUT2D eigenvalue weighted by atomic mass is 16.5. The molecule has 0 aliphatic carbocycles. The van der Waals surface area contributed by atoms with Crippen molar-refractivity contribution in [1.82, 2.24) is 14.9 Å². The summed E-state index contributed by atoms with van der Waals surface area (Å²) in [4.78, 5) is 10.7. The number of nitrogens with zero attached hydrogens (tertiary/aromatic N) is 3. The summed E-state index contributed by atoms with van der Waals surface area (Å²) in [5.41, 5.74) is 2.31. The second-order valence-electron chi connectivity index (χ2n) is 7.41. The molecule has 0 aromatic carbocycles. The second-order valence-corrected chi connectivity index (χ2v) is 7.41. The van der Waals surface area contributed by atoms with Gasteiger partial charge in [-0.25, -0.2) is 4.98 Å². The first kappa shape index (κ1) is 18.3. The Labute approximate surface area is 160 Å². The van der Waals surface area contributed by atoms with Gasteiger partial charge >= 0.3 is 0 Å². The highest BCUT2D eigenvalue weighted by molar-refractivity contribution is 5.26. The van der Waals surface area contributed by atoms with Crippen LogP contribution in [0, 0.1) is 5.92 Å². The SMILES string of the molecule is COc1ncccc1CN1CC2(C1)OCCC2CCOCc1ccncc1. The van der Waals surface area contributed by atoms with Gasteiger partial charge in [0.25, 0.3) is 0 Å². The maximum atomic E-state index is 6.18. The third-order valence-corrected chi connectivity index (χ3v) is 5.65. The van der Waals surface area contributed by atoms with Crippen LogP contribution in [0.4, 0.5) is 0 Å². The van der Waals surface area contributed by atoms with Crippen LogP contribution in [-0.4, -0.2) is 53.9 Å². The largest absolute Gasteiger partial charge is 0.481 e. The van der Waals surface area contributed by atoms with Crippen LogP contribution in [0.1, 0.15) is 24.0 Å². The number of pyridine rings is 2. The normalized spacial score (nSPS) is 21.3. The lowest BCUT2D eigenvalue weighted by Crippen LogP contribution is -2.64. The van der Waals surface area contributed by atoms with Gasteiger partial charge in [0.15, 0.2) is 0 Å². The average Bonchev–Trinajstić information content (AvgIpc) is 3.10. The molecule has 2 aliphatic heterocycles. The van der Waals surface area contributed by atoms with E-state index >= 15 is 0 Å². The Hall–Kier alpha value is -2.02. The number of likely N-dealkylation sites (tertiary alicyclic amines) is 1. The van der Waals surface area contributed by atoms with E-state index in [-0.39, 0.29) is 5.60 Å². The topological polar surface area (TPSA) is 56.7 Å². The van der Waals surface area contributed by atoms with Crippen LogP contribution >= 0.6 is 0 Å². The summed E-state index contributed by atoms with van der Waals surface area (Å²) in [5, 5.41) is 0. The van der Waals surface area contributed by atoms with Crippen molar-refractivity contribution in [2.24, 2.45) is 5.92 Å². The van der Waals surface area contributed by atoms with Crippen molar-refractivity contribution >= 4 is 0 Å². The van der Waals surface area contributed by atoms with Crippen molar-refractivity contribution < 1.29 is 14.2 Å². The fourth-order valence-electron chi connectivity index (χ4n) is 4.23. The Morgan fingerprint density at radius 3 is 2.89 bits per heavy atom. The number of aromatic nitrogens is 2. The van der Waals surface area contributed by atoms with Gasteiger partial charge in [0, 0.05) is 57.0 Å². The molecule has 0 N–H and O–H groups in total. The maximum Gasteiger partial charge on any atom is 0.217 e. The molecular weight excluding hydrogens is 342 g/mol. The Morgan fingerprint density at radius 1 is 1.22 bits per heavy atom. The second kappa shape index (κ2) is 8.33. The van der Waals surface area contributed by atoms with E-state index in [1.165, 1.54) is 5.56 Å². The smallest absolute Gasteiger partial charge is 0.217 e. The number of ether oxygens (including phenoxy) is 3. The predicted octanol–water partition coefficient (Wildman–Crippen LogP) is 2.68. The highest BCUT2D eigenvalue weighted by Crippen LogP contribution is 2.42. The van der Waals surface area contributed by atoms with Gasteiger partial charge in [0.1, 0.15) is 0 Å². The van der Waals surface area contributed by atoms with Crippen LogP contribution in [0.2, 0.25) is 0 Å². The van der Waals surface area contributed by atoms with Gasteiger partial charge in [-0.1, -0.05) is 6.07 Å².